The number of carbonyl (C=O) groups is 2. The fourth-order valence-electron chi connectivity index (χ4n) is 4.92. The first-order valence-corrected chi connectivity index (χ1v) is 13.1. The van der Waals surface area contributed by atoms with Crippen LogP contribution in [0, 0.1) is 11.8 Å². The fourth-order valence-corrected chi connectivity index (χ4v) is 4.92. The summed E-state index contributed by atoms with van der Waals surface area (Å²) in [6.45, 7) is 9.02. The van der Waals surface area contributed by atoms with Crippen LogP contribution in [-0.4, -0.2) is 47.9 Å². The standard InChI is InChI=1S/C28H42N4O4/c1-18(2)14-21(15-26(33)29-20-10-7-8-11-20)30-28(34)22-16-23(32(31-22)17-19(3)4)27-24(35-5)12-9-13-25(27)36-6/h9,12-13,16,18-21H,7-8,10-11,14-15,17H2,1-6H3,(H,29,33)(H,30,34)/t21-/m0/s1. The highest BCUT2D eigenvalue weighted by Crippen LogP contribution is 2.38. The predicted molar refractivity (Wildman–Crippen MR) is 141 cm³/mol. The molecule has 0 radical (unpaired) electrons. The molecule has 1 aliphatic rings. The summed E-state index contributed by atoms with van der Waals surface area (Å²) in [5.74, 6) is 1.65. The topological polar surface area (TPSA) is 94.5 Å². The summed E-state index contributed by atoms with van der Waals surface area (Å²) < 4.78 is 13.1. The lowest BCUT2D eigenvalue weighted by atomic mass is 10.00. The summed E-state index contributed by atoms with van der Waals surface area (Å²) in [5, 5.41) is 10.9. The molecule has 8 nitrogen and oxygen atoms in total. The molecular weight excluding hydrogens is 456 g/mol. The molecule has 0 saturated heterocycles. The normalized spacial score (nSPS) is 14.8. The Morgan fingerprint density at radius 2 is 1.69 bits per heavy atom. The zero-order valence-electron chi connectivity index (χ0n) is 22.6. The van der Waals surface area contributed by atoms with E-state index in [0.29, 0.717) is 42.0 Å². The second-order valence-electron chi connectivity index (χ2n) is 10.6. The monoisotopic (exact) mass is 498 g/mol. The number of amides is 2. The van der Waals surface area contributed by atoms with Crippen LogP contribution in [0.5, 0.6) is 11.5 Å². The van der Waals surface area contributed by atoms with Gasteiger partial charge in [0.25, 0.3) is 5.91 Å². The highest BCUT2D eigenvalue weighted by atomic mass is 16.5. The summed E-state index contributed by atoms with van der Waals surface area (Å²) in [6, 6.07) is 7.38. The van der Waals surface area contributed by atoms with Crippen LogP contribution in [-0.2, 0) is 11.3 Å². The van der Waals surface area contributed by atoms with Crippen LogP contribution in [0.15, 0.2) is 24.3 Å². The van der Waals surface area contributed by atoms with Crippen molar-refractivity contribution in [3.05, 3.63) is 30.0 Å². The van der Waals surface area contributed by atoms with E-state index >= 15 is 0 Å². The number of hydrogen-bond donors (Lipinski definition) is 2. The van der Waals surface area contributed by atoms with Gasteiger partial charge >= 0.3 is 0 Å². The van der Waals surface area contributed by atoms with Gasteiger partial charge in [-0.1, -0.05) is 46.6 Å². The van der Waals surface area contributed by atoms with Gasteiger partial charge in [0, 0.05) is 25.0 Å². The van der Waals surface area contributed by atoms with Gasteiger partial charge in [0.05, 0.1) is 25.5 Å². The van der Waals surface area contributed by atoms with Crippen molar-refractivity contribution in [2.45, 2.75) is 84.8 Å². The van der Waals surface area contributed by atoms with Crippen LogP contribution in [0.2, 0.25) is 0 Å². The van der Waals surface area contributed by atoms with Gasteiger partial charge in [-0.25, -0.2) is 0 Å². The summed E-state index contributed by atoms with van der Waals surface area (Å²) >= 11 is 0. The van der Waals surface area contributed by atoms with Gasteiger partial charge < -0.3 is 20.1 Å². The third kappa shape index (κ3) is 7.24. The SMILES string of the molecule is COc1cccc(OC)c1-c1cc(C(=O)N[C@H](CC(=O)NC2CCCC2)CC(C)C)nn1CC(C)C. The van der Waals surface area contributed by atoms with E-state index in [0.717, 1.165) is 36.9 Å². The Bertz CT molecular complexity index is 1000. The molecule has 1 aliphatic carbocycles. The summed E-state index contributed by atoms with van der Waals surface area (Å²) in [4.78, 5) is 26.1. The molecule has 0 bridgehead atoms. The van der Waals surface area contributed by atoms with Gasteiger partial charge in [0.1, 0.15) is 11.5 Å². The molecule has 0 aliphatic heterocycles. The molecule has 36 heavy (non-hydrogen) atoms. The van der Waals surface area contributed by atoms with Gasteiger partial charge in [0.2, 0.25) is 5.91 Å². The molecule has 8 heteroatoms. The van der Waals surface area contributed by atoms with Gasteiger partial charge in [-0.2, -0.15) is 5.10 Å². The molecule has 1 atom stereocenters. The number of carbonyl (C=O) groups excluding carboxylic acids is 2. The van der Waals surface area contributed by atoms with E-state index in [2.05, 4.69) is 43.4 Å². The molecular formula is C28H42N4O4. The second-order valence-corrected chi connectivity index (χ2v) is 10.6. The minimum absolute atomic E-state index is 0.00219. The molecule has 1 aromatic carbocycles. The van der Waals surface area contributed by atoms with Crippen LogP contribution < -0.4 is 20.1 Å². The Hall–Kier alpha value is -3.03. The van der Waals surface area contributed by atoms with E-state index in [-0.39, 0.29) is 30.3 Å². The van der Waals surface area contributed by atoms with Crippen molar-refractivity contribution >= 4 is 11.8 Å². The molecule has 1 saturated carbocycles. The maximum atomic E-state index is 13.4. The molecule has 1 fully saturated rings. The maximum Gasteiger partial charge on any atom is 0.272 e. The minimum atomic E-state index is -0.285. The lowest BCUT2D eigenvalue weighted by molar-refractivity contribution is -0.122. The first-order chi connectivity index (χ1) is 17.2. The van der Waals surface area contributed by atoms with E-state index in [9.17, 15) is 9.59 Å². The number of aromatic nitrogens is 2. The molecule has 0 spiro atoms. The van der Waals surface area contributed by atoms with Crippen molar-refractivity contribution in [3.8, 4) is 22.8 Å². The molecule has 2 amide bonds. The molecule has 1 heterocycles. The van der Waals surface area contributed by atoms with Gasteiger partial charge in [0.15, 0.2) is 5.69 Å². The van der Waals surface area contributed by atoms with Gasteiger partial charge in [-0.05, 0) is 49.3 Å². The van der Waals surface area contributed by atoms with Crippen LogP contribution in [0.3, 0.4) is 0 Å². The van der Waals surface area contributed by atoms with Crippen molar-refractivity contribution in [1.29, 1.82) is 0 Å². The summed E-state index contributed by atoms with van der Waals surface area (Å²) in [7, 11) is 3.23. The van der Waals surface area contributed by atoms with Crippen molar-refractivity contribution < 1.29 is 19.1 Å². The summed E-state index contributed by atoms with van der Waals surface area (Å²) in [5.41, 5.74) is 1.82. The predicted octanol–water partition coefficient (Wildman–Crippen LogP) is 4.82. The fraction of sp³-hybridized carbons (Fsp3) is 0.607. The van der Waals surface area contributed by atoms with Crippen molar-refractivity contribution in [2.75, 3.05) is 14.2 Å². The smallest absolute Gasteiger partial charge is 0.272 e. The molecule has 0 unspecified atom stereocenters. The first kappa shape index (κ1) is 27.6. The van der Waals surface area contributed by atoms with Gasteiger partial charge in [-0.3, -0.25) is 14.3 Å². The average Bonchev–Trinajstić information content (AvgIpc) is 3.47. The molecule has 198 valence electrons. The number of rotatable bonds is 12. The van der Waals surface area contributed by atoms with Crippen LogP contribution >= 0.6 is 0 Å². The largest absolute Gasteiger partial charge is 0.496 e. The number of nitrogens with one attached hydrogen (secondary N) is 2. The molecule has 1 aromatic heterocycles. The van der Waals surface area contributed by atoms with Crippen molar-refractivity contribution in [2.24, 2.45) is 11.8 Å². The lowest BCUT2D eigenvalue weighted by Gasteiger charge is -2.21. The maximum absolute atomic E-state index is 13.4. The Morgan fingerprint density at radius 1 is 1.06 bits per heavy atom. The first-order valence-electron chi connectivity index (χ1n) is 13.1. The number of nitrogens with zero attached hydrogens (tertiary/aromatic N) is 2. The number of ether oxygens (including phenoxy) is 2. The quantitative estimate of drug-likeness (QED) is 0.438. The number of benzene rings is 1. The van der Waals surface area contributed by atoms with Crippen LogP contribution in [0.25, 0.3) is 11.3 Å². The van der Waals surface area contributed by atoms with Gasteiger partial charge in [-0.15, -0.1) is 0 Å². The average molecular weight is 499 g/mol. The van der Waals surface area contributed by atoms with E-state index in [4.69, 9.17) is 9.47 Å². The van der Waals surface area contributed by atoms with Crippen molar-refractivity contribution in [1.82, 2.24) is 20.4 Å². The lowest BCUT2D eigenvalue weighted by Crippen LogP contribution is -2.42. The van der Waals surface area contributed by atoms with E-state index < -0.39 is 0 Å². The second kappa shape index (κ2) is 12.8. The highest BCUT2D eigenvalue weighted by Gasteiger charge is 2.25. The van der Waals surface area contributed by atoms with E-state index in [1.807, 2.05) is 22.9 Å². The zero-order valence-corrected chi connectivity index (χ0v) is 22.6. The Morgan fingerprint density at radius 3 is 2.25 bits per heavy atom. The molecule has 2 N–H and O–H groups in total. The van der Waals surface area contributed by atoms with Crippen LogP contribution in [0.4, 0.5) is 0 Å². The molecule has 3 rings (SSSR count). The molecule has 2 aromatic rings. The van der Waals surface area contributed by atoms with Crippen molar-refractivity contribution in [3.63, 3.8) is 0 Å². The number of methoxy groups -OCH3 is 2. The number of hydrogen-bond acceptors (Lipinski definition) is 5. The van der Waals surface area contributed by atoms with E-state index in [1.54, 1.807) is 20.3 Å². The zero-order chi connectivity index (χ0) is 26.2. The van der Waals surface area contributed by atoms with E-state index in [1.165, 1.54) is 0 Å². The summed E-state index contributed by atoms with van der Waals surface area (Å²) in [6.07, 6.45) is 5.37. The Balaban J connectivity index is 1.85. The third-order valence-corrected chi connectivity index (χ3v) is 6.48. The van der Waals surface area contributed by atoms with Crippen LogP contribution in [0.1, 0.15) is 76.7 Å². The minimum Gasteiger partial charge on any atom is -0.496 e. The highest BCUT2D eigenvalue weighted by molar-refractivity contribution is 5.94. The third-order valence-electron chi connectivity index (χ3n) is 6.48. The Labute approximate surface area is 215 Å². The Kier molecular flexibility index (Phi) is 9.79.